The largest absolute Gasteiger partial charge is 0.341 e. The Bertz CT molecular complexity index is 717. The minimum atomic E-state index is 0.0854. The number of rotatable bonds is 4. The third kappa shape index (κ3) is 3.93. The van der Waals surface area contributed by atoms with E-state index in [9.17, 15) is 4.79 Å². The van der Waals surface area contributed by atoms with Crippen LogP contribution in [0.25, 0.3) is 11.4 Å². The van der Waals surface area contributed by atoms with Gasteiger partial charge in [0.15, 0.2) is 0 Å². The van der Waals surface area contributed by atoms with Crippen LogP contribution in [0.4, 0.5) is 0 Å². The Morgan fingerprint density at radius 2 is 1.92 bits per heavy atom. The normalized spacial score (nSPS) is 21.7. The summed E-state index contributed by atoms with van der Waals surface area (Å²) in [6, 6.07) is 9.70. The number of likely N-dealkylation sites (tertiary alicyclic amines) is 1. The smallest absolute Gasteiger partial charge is 0.246 e. The molecule has 1 N–H and O–H groups in total. The summed E-state index contributed by atoms with van der Waals surface area (Å²) in [6.07, 6.45) is 4.83. The second-order valence-corrected chi connectivity index (χ2v) is 7.33. The van der Waals surface area contributed by atoms with Crippen molar-refractivity contribution < 1.29 is 4.79 Å². The molecule has 0 saturated carbocycles. The topological polar surface area (TPSA) is 75.9 Å². The van der Waals surface area contributed by atoms with Crippen molar-refractivity contribution in [2.75, 3.05) is 26.2 Å². The van der Waals surface area contributed by atoms with Gasteiger partial charge in [0.2, 0.25) is 11.7 Å². The summed E-state index contributed by atoms with van der Waals surface area (Å²) in [5, 5.41) is 15.9. The summed E-state index contributed by atoms with van der Waals surface area (Å²) in [5.74, 6) is 2.18. The number of amides is 1. The van der Waals surface area contributed by atoms with Crippen molar-refractivity contribution in [3.05, 3.63) is 30.3 Å². The molecule has 3 heterocycles. The number of piperidine rings is 2. The Labute approximate surface area is 153 Å². The summed E-state index contributed by atoms with van der Waals surface area (Å²) in [6.45, 7) is 4.16. The van der Waals surface area contributed by atoms with E-state index in [2.05, 4.69) is 20.7 Å². The predicted octanol–water partition coefficient (Wildman–Crippen LogP) is 1.58. The van der Waals surface area contributed by atoms with E-state index in [-0.39, 0.29) is 12.5 Å². The van der Waals surface area contributed by atoms with E-state index in [1.807, 2.05) is 35.2 Å². The molecule has 2 aliphatic heterocycles. The maximum absolute atomic E-state index is 12.6. The fraction of sp³-hybridized carbons (Fsp3) is 0.579. The Hall–Kier alpha value is -2.28. The third-order valence-corrected chi connectivity index (χ3v) is 5.66. The van der Waals surface area contributed by atoms with E-state index < -0.39 is 0 Å². The minimum Gasteiger partial charge on any atom is -0.341 e. The highest BCUT2D eigenvalue weighted by molar-refractivity contribution is 5.75. The second-order valence-electron chi connectivity index (χ2n) is 7.33. The number of hydrogen-bond donors (Lipinski definition) is 1. The molecule has 2 aliphatic rings. The van der Waals surface area contributed by atoms with Crippen LogP contribution in [0.3, 0.4) is 0 Å². The van der Waals surface area contributed by atoms with Crippen molar-refractivity contribution in [3.63, 3.8) is 0 Å². The highest BCUT2D eigenvalue weighted by Gasteiger charge is 2.29. The van der Waals surface area contributed by atoms with Crippen LogP contribution in [0.1, 0.15) is 25.7 Å². The highest BCUT2D eigenvalue weighted by Crippen LogP contribution is 2.29. The molecular weight excluding hydrogens is 328 g/mol. The van der Waals surface area contributed by atoms with Gasteiger partial charge in [-0.1, -0.05) is 30.3 Å². The van der Waals surface area contributed by atoms with E-state index in [0.29, 0.717) is 5.82 Å². The van der Waals surface area contributed by atoms with Crippen LogP contribution in [0.5, 0.6) is 0 Å². The van der Waals surface area contributed by atoms with Crippen LogP contribution < -0.4 is 5.32 Å². The van der Waals surface area contributed by atoms with Gasteiger partial charge in [0.25, 0.3) is 0 Å². The lowest BCUT2D eigenvalue weighted by molar-refractivity contribution is -0.134. The third-order valence-electron chi connectivity index (χ3n) is 5.66. The molecule has 7 heteroatoms. The molecule has 1 amide bonds. The van der Waals surface area contributed by atoms with E-state index in [1.165, 1.54) is 17.6 Å². The van der Waals surface area contributed by atoms with Gasteiger partial charge in [0.05, 0.1) is 0 Å². The Morgan fingerprint density at radius 1 is 1.12 bits per heavy atom. The summed E-state index contributed by atoms with van der Waals surface area (Å²) >= 11 is 0. The Balaban J connectivity index is 1.30. The van der Waals surface area contributed by atoms with Gasteiger partial charge >= 0.3 is 0 Å². The Morgan fingerprint density at radius 3 is 2.65 bits per heavy atom. The number of hydrogen-bond acceptors (Lipinski definition) is 5. The Kier molecular flexibility index (Phi) is 5.24. The molecular formula is C19H26N6O. The first-order valence-corrected chi connectivity index (χ1v) is 9.61. The monoisotopic (exact) mass is 354 g/mol. The van der Waals surface area contributed by atoms with Gasteiger partial charge in [-0.05, 0) is 55.8 Å². The van der Waals surface area contributed by atoms with E-state index in [0.717, 1.165) is 56.4 Å². The van der Waals surface area contributed by atoms with Crippen LogP contribution in [-0.4, -0.2) is 57.2 Å². The first kappa shape index (κ1) is 17.1. The van der Waals surface area contributed by atoms with Crippen molar-refractivity contribution in [1.29, 1.82) is 0 Å². The molecule has 0 bridgehead atoms. The molecule has 2 aromatic rings. The van der Waals surface area contributed by atoms with Gasteiger partial charge in [0.1, 0.15) is 6.54 Å². The fourth-order valence-corrected chi connectivity index (χ4v) is 4.14. The van der Waals surface area contributed by atoms with Gasteiger partial charge in [-0.25, -0.2) is 0 Å². The first-order valence-electron chi connectivity index (χ1n) is 9.61. The molecule has 0 aliphatic carbocycles. The van der Waals surface area contributed by atoms with Gasteiger partial charge in [-0.3, -0.25) is 4.79 Å². The fourth-order valence-electron chi connectivity index (χ4n) is 4.14. The van der Waals surface area contributed by atoms with Gasteiger partial charge in [0, 0.05) is 18.7 Å². The molecule has 7 nitrogen and oxygen atoms in total. The number of aromatic nitrogens is 4. The molecule has 26 heavy (non-hydrogen) atoms. The highest BCUT2D eigenvalue weighted by atomic mass is 16.2. The standard InChI is InChI=1S/C19H26N6O/c26-18(14-25-22-19(21-23-25)16-5-2-1-3-6-16)24-11-8-15(9-12-24)17-7-4-10-20-13-17/h1-3,5-6,15,17,20H,4,7-14H2. The summed E-state index contributed by atoms with van der Waals surface area (Å²) < 4.78 is 0. The summed E-state index contributed by atoms with van der Waals surface area (Å²) in [4.78, 5) is 15.9. The zero-order valence-electron chi connectivity index (χ0n) is 15.0. The number of benzene rings is 1. The summed E-state index contributed by atoms with van der Waals surface area (Å²) in [5.41, 5.74) is 0.910. The van der Waals surface area contributed by atoms with Crippen LogP contribution >= 0.6 is 0 Å². The molecule has 4 rings (SSSR count). The number of nitrogens with one attached hydrogen (secondary N) is 1. The second kappa shape index (κ2) is 7.95. The van der Waals surface area contributed by atoms with Crippen molar-refractivity contribution in [2.45, 2.75) is 32.2 Å². The SMILES string of the molecule is O=C(Cn1nnc(-c2ccccc2)n1)N1CCC(C2CCCNC2)CC1. The molecule has 2 saturated heterocycles. The van der Waals surface area contributed by atoms with E-state index in [1.54, 1.807) is 0 Å². The van der Waals surface area contributed by atoms with Crippen LogP contribution in [0, 0.1) is 11.8 Å². The number of carbonyl (C=O) groups excluding carboxylic acids is 1. The van der Waals surface area contributed by atoms with E-state index >= 15 is 0 Å². The first-order chi connectivity index (χ1) is 12.8. The van der Waals surface area contributed by atoms with Crippen LogP contribution in [0.15, 0.2) is 30.3 Å². The lowest BCUT2D eigenvalue weighted by Gasteiger charge is -2.37. The molecule has 0 spiro atoms. The number of nitrogens with zero attached hydrogens (tertiary/aromatic N) is 5. The number of carbonyl (C=O) groups is 1. The van der Waals surface area contributed by atoms with Crippen molar-refractivity contribution >= 4 is 5.91 Å². The quantitative estimate of drug-likeness (QED) is 0.902. The minimum absolute atomic E-state index is 0.0854. The molecule has 138 valence electrons. The van der Waals surface area contributed by atoms with Crippen molar-refractivity contribution in [3.8, 4) is 11.4 Å². The van der Waals surface area contributed by atoms with Crippen molar-refractivity contribution in [1.82, 2.24) is 30.4 Å². The zero-order chi connectivity index (χ0) is 17.8. The van der Waals surface area contributed by atoms with Gasteiger partial charge < -0.3 is 10.2 Å². The van der Waals surface area contributed by atoms with E-state index in [4.69, 9.17) is 0 Å². The molecule has 1 aromatic heterocycles. The molecule has 1 unspecified atom stereocenters. The summed E-state index contributed by atoms with van der Waals surface area (Å²) in [7, 11) is 0. The zero-order valence-corrected chi connectivity index (χ0v) is 15.0. The van der Waals surface area contributed by atoms with Crippen LogP contribution in [-0.2, 0) is 11.3 Å². The maximum atomic E-state index is 12.6. The predicted molar refractivity (Wildman–Crippen MR) is 98.2 cm³/mol. The molecule has 1 atom stereocenters. The molecule has 1 aromatic carbocycles. The average molecular weight is 354 g/mol. The van der Waals surface area contributed by atoms with Crippen LogP contribution in [0.2, 0.25) is 0 Å². The van der Waals surface area contributed by atoms with Gasteiger partial charge in [-0.15, -0.1) is 10.2 Å². The lowest BCUT2D eigenvalue weighted by atomic mass is 9.80. The number of tetrazole rings is 1. The molecule has 2 fully saturated rings. The lowest BCUT2D eigenvalue weighted by Crippen LogP contribution is -2.44. The average Bonchev–Trinajstić information content (AvgIpc) is 3.18. The van der Waals surface area contributed by atoms with Crippen molar-refractivity contribution in [2.24, 2.45) is 11.8 Å². The van der Waals surface area contributed by atoms with Gasteiger partial charge in [-0.2, -0.15) is 4.80 Å². The maximum Gasteiger partial charge on any atom is 0.246 e. The molecule has 0 radical (unpaired) electrons.